The number of thioether (sulfide) groups is 1. The topological polar surface area (TPSA) is 185 Å². The number of rotatable bonds is 18. The minimum atomic E-state index is -4.36. The molecule has 0 saturated carbocycles. The highest BCUT2D eigenvalue weighted by Crippen LogP contribution is 2.42. The number of amides is 3. The van der Waals surface area contributed by atoms with E-state index in [-0.39, 0.29) is 36.1 Å². The molecule has 0 spiro atoms. The van der Waals surface area contributed by atoms with Crippen molar-refractivity contribution in [2.24, 2.45) is 11.3 Å². The molecule has 2 aliphatic rings. The number of likely N-dealkylation sites (tertiary alicyclic amines) is 1. The fourth-order valence-electron chi connectivity index (χ4n) is 6.34. The minimum Gasteiger partial charge on any atom is -0.494 e. The van der Waals surface area contributed by atoms with Gasteiger partial charge in [-0.15, -0.1) is 11.8 Å². The largest absolute Gasteiger partial charge is 0.494 e. The van der Waals surface area contributed by atoms with Crippen LogP contribution in [0.3, 0.4) is 0 Å². The van der Waals surface area contributed by atoms with E-state index in [1.165, 1.54) is 42.3 Å². The molecule has 0 bridgehead atoms. The van der Waals surface area contributed by atoms with Gasteiger partial charge in [0, 0.05) is 48.3 Å². The third-order valence-corrected chi connectivity index (χ3v) is 12.7. The summed E-state index contributed by atoms with van der Waals surface area (Å²) >= 11 is 1.49. The molecule has 1 unspecified atom stereocenters. The van der Waals surface area contributed by atoms with Crippen molar-refractivity contribution in [2.75, 3.05) is 25.4 Å². The number of hydrogen-bond donors (Lipinski definition) is 3. The van der Waals surface area contributed by atoms with Gasteiger partial charge in [0.2, 0.25) is 21.8 Å². The third kappa shape index (κ3) is 11.9. The number of aromatic nitrogens is 2. The number of nitrogens with zero attached hydrogens (tertiary/aromatic N) is 3. The second-order valence-electron chi connectivity index (χ2n) is 15.3. The van der Waals surface area contributed by atoms with Gasteiger partial charge in [-0.1, -0.05) is 95.9 Å². The van der Waals surface area contributed by atoms with E-state index in [0.717, 1.165) is 40.8 Å². The van der Waals surface area contributed by atoms with E-state index in [4.69, 9.17) is 9.84 Å². The van der Waals surface area contributed by atoms with E-state index in [0.29, 0.717) is 17.3 Å². The van der Waals surface area contributed by atoms with Crippen molar-refractivity contribution in [1.29, 1.82) is 0 Å². The monoisotopic (exact) mass is 805 g/mol. The lowest BCUT2D eigenvalue weighted by Gasteiger charge is -2.40. The molecule has 1 saturated heterocycles. The normalized spacial score (nSPS) is 16.4. The quantitative estimate of drug-likeness (QED) is 0.136. The molecule has 2 aromatic carbocycles. The van der Waals surface area contributed by atoms with Crippen LogP contribution in [0.4, 0.5) is 0 Å². The van der Waals surface area contributed by atoms with Gasteiger partial charge in [0.1, 0.15) is 11.8 Å². The van der Waals surface area contributed by atoms with E-state index in [1.54, 1.807) is 17.1 Å². The van der Waals surface area contributed by atoms with E-state index >= 15 is 0 Å². The van der Waals surface area contributed by atoms with E-state index < -0.39 is 45.5 Å². The first-order chi connectivity index (χ1) is 26.6. The van der Waals surface area contributed by atoms with Crippen LogP contribution in [0.25, 0.3) is 22.5 Å². The molecule has 15 heteroatoms. The number of nitrogens with one attached hydrogen (secondary N) is 2. The van der Waals surface area contributed by atoms with Gasteiger partial charge in [-0.25, -0.2) is 18.4 Å². The maximum Gasteiger partial charge on any atom is 0.320 e. The fourth-order valence-corrected chi connectivity index (χ4v) is 8.42. The van der Waals surface area contributed by atoms with Crippen LogP contribution in [-0.4, -0.2) is 88.8 Å². The summed E-state index contributed by atoms with van der Waals surface area (Å²) in [6.45, 7) is 9.10. The highest BCUT2D eigenvalue weighted by atomic mass is 32.2. The lowest BCUT2D eigenvalue weighted by atomic mass is 9.90. The molecule has 3 heterocycles. The van der Waals surface area contributed by atoms with Crippen LogP contribution in [0, 0.1) is 11.3 Å². The third-order valence-electron chi connectivity index (χ3n) is 9.72. The molecule has 2 atom stereocenters. The molecule has 0 aliphatic carbocycles. The highest BCUT2D eigenvalue weighted by Gasteiger charge is 2.41. The molecule has 1 fully saturated rings. The SMILES string of the molecule is CCCCCCCOc1ccc(-c2cnc(-c3ccc(C[C@H](NC(=O)C4=CCC(C(C)(C)C)S4)C(=O)N4CC(C(=O)NS(=O)(=O)CC(=O)O)C4)cc3)nc2)cc1. The zero-order chi connectivity index (χ0) is 40.5. The first-order valence-electron chi connectivity index (χ1n) is 19.0. The second kappa shape index (κ2) is 18.9. The summed E-state index contributed by atoms with van der Waals surface area (Å²) in [6, 6.07) is 14.3. The Kier molecular flexibility index (Phi) is 14.3. The molecule has 300 valence electrons. The molecule has 3 N–H and O–H groups in total. The maximum absolute atomic E-state index is 13.8. The number of carboxylic acids is 1. The molecule has 2 aliphatic heterocycles. The predicted octanol–water partition coefficient (Wildman–Crippen LogP) is 5.61. The molecule has 56 heavy (non-hydrogen) atoms. The predicted molar refractivity (Wildman–Crippen MR) is 216 cm³/mol. The summed E-state index contributed by atoms with van der Waals surface area (Å²) in [7, 11) is -4.36. The number of benzene rings is 2. The summed E-state index contributed by atoms with van der Waals surface area (Å²) < 4.78 is 31.6. The Bertz CT molecular complexity index is 1990. The molecular formula is C41H51N5O8S2. The highest BCUT2D eigenvalue weighted by molar-refractivity contribution is 8.04. The van der Waals surface area contributed by atoms with Gasteiger partial charge in [-0.3, -0.25) is 23.9 Å². The van der Waals surface area contributed by atoms with Gasteiger partial charge in [-0.2, -0.15) is 0 Å². The number of unbranched alkanes of at least 4 members (excludes halogenated alkanes) is 4. The van der Waals surface area contributed by atoms with Crippen LogP contribution in [0.5, 0.6) is 5.75 Å². The molecule has 3 aromatic rings. The zero-order valence-electron chi connectivity index (χ0n) is 32.3. The second-order valence-corrected chi connectivity index (χ2v) is 18.3. The standard InChI is InChI=1S/C41H51N5O8S2/c1-5-6-7-8-9-20-54-32-16-14-28(15-17-32)30-22-42-37(43-23-30)29-12-10-27(11-13-29)21-33(44-39(50)34-18-19-35(55-34)41(2,3)4)40(51)46-24-31(25-46)38(49)45-56(52,53)26-36(47)48/h10-18,22-23,31,33,35H,5-9,19-21,24-26H2,1-4H3,(H,44,50)(H,45,49)(H,47,48)/t33-,35?/m0/s1. The average molecular weight is 806 g/mol. The van der Waals surface area contributed by atoms with E-state index in [2.05, 4.69) is 43.0 Å². The molecule has 13 nitrogen and oxygen atoms in total. The van der Waals surface area contributed by atoms with Crippen LogP contribution in [-0.2, 0) is 35.6 Å². The van der Waals surface area contributed by atoms with E-state index in [1.807, 2.05) is 54.6 Å². The lowest BCUT2D eigenvalue weighted by molar-refractivity contribution is -0.145. The fraction of sp³-hybridized carbons (Fsp3) is 0.463. The number of ether oxygens (including phenoxy) is 1. The minimum absolute atomic E-state index is 0.0247. The van der Waals surface area contributed by atoms with Crippen molar-refractivity contribution in [1.82, 2.24) is 24.9 Å². The van der Waals surface area contributed by atoms with Gasteiger partial charge in [-0.05, 0) is 41.5 Å². The van der Waals surface area contributed by atoms with Crippen LogP contribution < -0.4 is 14.8 Å². The van der Waals surface area contributed by atoms with Crippen molar-refractivity contribution in [3.8, 4) is 28.3 Å². The zero-order valence-corrected chi connectivity index (χ0v) is 34.0. The Labute approximate surface area is 333 Å². The maximum atomic E-state index is 13.8. The van der Waals surface area contributed by atoms with E-state index in [9.17, 15) is 27.6 Å². The number of aliphatic carboxylic acids is 1. The number of carboxylic acid groups (broad SMARTS) is 1. The molecule has 5 rings (SSSR count). The number of sulfonamides is 1. The first-order valence-corrected chi connectivity index (χ1v) is 21.5. The van der Waals surface area contributed by atoms with Crippen molar-refractivity contribution < 1.29 is 37.4 Å². The number of carbonyl (C=O) groups excluding carboxylic acids is 3. The van der Waals surface area contributed by atoms with Crippen LogP contribution in [0.1, 0.15) is 71.8 Å². The van der Waals surface area contributed by atoms with Gasteiger partial charge in [0.05, 0.1) is 17.4 Å². The lowest BCUT2D eigenvalue weighted by Crippen LogP contribution is -2.61. The Morgan fingerprint density at radius 1 is 0.929 bits per heavy atom. The van der Waals surface area contributed by atoms with Crippen LogP contribution >= 0.6 is 11.8 Å². The number of hydrogen-bond acceptors (Lipinski definition) is 10. The summed E-state index contributed by atoms with van der Waals surface area (Å²) in [5.74, 6) is -3.98. The van der Waals surface area contributed by atoms with Crippen LogP contribution in [0.15, 0.2) is 71.9 Å². The van der Waals surface area contributed by atoms with Crippen LogP contribution in [0.2, 0.25) is 0 Å². The Balaban J connectivity index is 1.21. The summed E-state index contributed by atoms with van der Waals surface area (Å²) in [5.41, 5.74) is 3.35. The number of allylic oxidation sites excluding steroid dienone is 1. The molecule has 3 amide bonds. The van der Waals surface area contributed by atoms with Gasteiger partial charge >= 0.3 is 5.97 Å². The molecule has 1 aromatic heterocycles. The Morgan fingerprint density at radius 2 is 1.57 bits per heavy atom. The Morgan fingerprint density at radius 3 is 2.18 bits per heavy atom. The van der Waals surface area contributed by atoms with Gasteiger partial charge < -0.3 is 20.1 Å². The van der Waals surface area contributed by atoms with Crippen molar-refractivity contribution >= 4 is 45.5 Å². The molecule has 0 radical (unpaired) electrons. The average Bonchev–Trinajstić information content (AvgIpc) is 3.64. The summed E-state index contributed by atoms with van der Waals surface area (Å²) in [6.07, 6.45) is 12.2. The van der Waals surface area contributed by atoms with Crippen molar-refractivity contribution in [2.45, 2.75) is 83.9 Å². The van der Waals surface area contributed by atoms with Crippen molar-refractivity contribution in [3.63, 3.8) is 0 Å². The smallest absolute Gasteiger partial charge is 0.320 e. The van der Waals surface area contributed by atoms with Gasteiger partial charge in [0.25, 0.3) is 5.91 Å². The summed E-state index contributed by atoms with van der Waals surface area (Å²) in [4.78, 5) is 61.7. The van der Waals surface area contributed by atoms with Gasteiger partial charge in [0.15, 0.2) is 11.6 Å². The Hall–Kier alpha value is -4.76. The number of carbonyl (C=O) groups is 4. The summed E-state index contributed by atoms with van der Waals surface area (Å²) in [5, 5.41) is 11.9. The van der Waals surface area contributed by atoms with Crippen molar-refractivity contribution in [3.05, 3.63) is 77.5 Å². The molecular weight excluding hydrogens is 755 g/mol. The first kappa shape index (κ1) is 42.4.